The number of anilines is 1. The van der Waals surface area contributed by atoms with Gasteiger partial charge in [-0.05, 0) is 30.7 Å². The van der Waals surface area contributed by atoms with Gasteiger partial charge in [0.15, 0.2) is 0 Å². The first kappa shape index (κ1) is 17.7. The topological polar surface area (TPSA) is 50.4 Å². The van der Waals surface area contributed by atoms with Crippen LogP contribution in [0.5, 0.6) is 5.75 Å². The van der Waals surface area contributed by atoms with E-state index in [4.69, 9.17) is 4.74 Å². The van der Waals surface area contributed by atoms with Gasteiger partial charge in [-0.2, -0.15) is 0 Å². The Morgan fingerprint density at radius 2 is 2.10 bits per heavy atom. The van der Waals surface area contributed by atoms with Crippen LogP contribution in [-0.4, -0.2) is 31.0 Å². The Morgan fingerprint density at radius 3 is 2.62 bits per heavy atom. The molecule has 4 nitrogen and oxygen atoms in total. The van der Waals surface area contributed by atoms with E-state index in [1.807, 2.05) is 6.92 Å². The highest BCUT2D eigenvalue weighted by Gasteiger charge is 2.42. The third-order valence-corrected chi connectivity index (χ3v) is 3.02. The molecule has 0 aromatic heterocycles. The molecule has 1 fully saturated rings. The molecule has 1 aliphatic rings. The quantitative estimate of drug-likeness (QED) is 0.877. The molecule has 1 aromatic rings. The van der Waals surface area contributed by atoms with Crippen LogP contribution in [0.15, 0.2) is 24.3 Å². The lowest BCUT2D eigenvalue weighted by molar-refractivity contribution is -0.118. The van der Waals surface area contributed by atoms with Crippen molar-refractivity contribution in [2.45, 2.75) is 31.7 Å². The number of hydrogen-bond acceptors (Lipinski definition) is 3. The summed E-state index contributed by atoms with van der Waals surface area (Å²) in [6.07, 6.45) is 0.455. The molecule has 1 amide bonds. The zero-order valence-electron chi connectivity index (χ0n) is 11.7. The summed E-state index contributed by atoms with van der Waals surface area (Å²) in [7, 11) is 0. The Kier molecular flexibility index (Phi) is 6.36. The molecule has 0 spiro atoms. The monoisotopic (exact) mass is 320 g/mol. The van der Waals surface area contributed by atoms with Crippen molar-refractivity contribution in [3.05, 3.63) is 24.3 Å². The molecule has 118 valence electrons. The molecule has 2 N–H and O–H groups in total. The van der Waals surface area contributed by atoms with Gasteiger partial charge in [0.2, 0.25) is 5.91 Å². The Bertz CT molecular complexity index is 469. The van der Waals surface area contributed by atoms with Crippen molar-refractivity contribution in [1.29, 1.82) is 0 Å². The predicted molar refractivity (Wildman–Crippen MR) is 79.5 cm³/mol. The minimum absolute atomic E-state index is 0. The fourth-order valence-electron chi connectivity index (χ4n) is 1.98. The van der Waals surface area contributed by atoms with Gasteiger partial charge in [-0.15, -0.1) is 12.4 Å². The van der Waals surface area contributed by atoms with Gasteiger partial charge < -0.3 is 10.1 Å². The standard InChI is InChI=1S/C14H18F2N2O2.ClH/c1-2-7-20-11-5-3-10(4-6-11)18-13(19)12-8-14(15,16)9-17-12;/h3-6,12,17H,2,7-9H2,1H3,(H,18,19);1H. The lowest BCUT2D eigenvalue weighted by Gasteiger charge is -2.12. The summed E-state index contributed by atoms with van der Waals surface area (Å²) in [5.74, 6) is -2.53. The van der Waals surface area contributed by atoms with E-state index >= 15 is 0 Å². The minimum atomic E-state index is -2.81. The zero-order valence-corrected chi connectivity index (χ0v) is 12.5. The molecule has 0 radical (unpaired) electrons. The highest BCUT2D eigenvalue weighted by Crippen LogP contribution is 2.26. The van der Waals surface area contributed by atoms with Crippen LogP contribution in [-0.2, 0) is 4.79 Å². The molecular weight excluding hydrogens is 302 g/mol. The lowest BCUT2D eigenvalue weighted by atomic mass is 10.2. The maximum absolute atomic E-state index is 13.0. The molecule has 0 aliphatic carbocycles. The van der Waals surface area contributed by atoms with Crippen LogP contribution in [0.1, 0.15) is 19.8 Å². The summed E-state index contributed by atoms with van der Waals surface area (Å²) in [6, 6.07) is 6.01. The smallest absolute Gasteiger partial charge is 0.262 e. The minimum Gasteiger partial charge on any atom is -0.494 e. The number of carbonyl (C=O) groups excluding carboxylic acids is 1. The van der Waals surface area contributed by atoms with Crippen molar-refractivity contribution >= 4 is 24.0 Å². The van der Waals surface area contributed by atoms with Crippen LogP contribution < -0.4 is 15.4 Å². The number of amides is 1. The molecule has 1 unspecified atom stereocenters. The van der Waals surface area contributed by atoms with Gasteiger partial charge in [0.1, 0.15) is 5.75 Å². The van der Waals surface area contributed by atoms with Gasteiger partial charge in [-0.3, -0.25) is 10.1 Å². The van der Waals surface area contributed by atoms with Crippen molar-refractivity contribution in [3.8, 4) is 5.75 Å². The molecule has 1 aliphatic heterocycles. The van der Waals surface area contributed by atoms with Crippen LogP contribution in [0.25, 0.3) is 0 Å². The normalized spacial score (nSPS) is 19.7. The fourth-order valence-corrected chi connectivity index (χ4v) is 1.98. The van der Waals surface area contributed by atoms with E-state index in [0.717, 1.165) is 12.2 Å². The maximum Gasteiger partial charge on any atom is 0.262 e. The molecule has 0 bridgehead atoms. The molecule has 1 aromatic carbocycles. The average molecular weight is 321 g/mol. The van der Waals surface area contributed by atoms with E-state index in [9.17, 15) is 13.6 Å². The second-order valence-corrected chi connectivity index (χ2v) is 4.86. The largest absolute Gasteiger partial charge is 0.494 e. The molecule has 21 heavy (non-hydrogen) atoms. The van der Waals surface area contributed by atoms with E-state index in [1.165, 1.54) is 0 Å². The number of carbonyl (C=O) groups is 1. The van der Waals surface area contributed by atoms with Crippen LogP contribution in [0.2, 0.25) is 0 Å². The predicted octanol–water partition coefficient (Wildman–Crippen LogP) is 2.83. The van der Waals surface area contributed by atoms with Gasteiger partial charge in [0.05, 0.1) is 19.2 Å². The lowest BCUT2D eigenvalue weighted by Crippen LogP contribution is -2.35. The summed E-state index contributed by atoms with van der Waals surface area (Å²) in [6.45, 7) is 2.20. The SMILES string of the molecule is CCCOc1ccc(NC(=O)C2CC(F)(F)CN2)cc1.Cl. The Labute approximate surface area is 128 Å². The molecule has 2 rings (SSSR count). The summed E-state index contributed by atoms with van der Waals surface area (Å²) in [5, 5.41) is 5.13. The number of rotatable bonds is 5. The van der Waals surface area contributed by atoms with Crippen molar-refractivity contribution in [3.63, 3.8) is 0 Å². The van der Waals surface area contributed by atoms with Crippen LogP contribution in [0.4, 0.5) is 14.5 Å². The highest BCUT2D eigenvalue weighted by molar-refractivity contribution is 5.95. The molecule has 1 heterocycles. The first-order chi connectivity index (χ1) is 9.50. The third kappa shape index (κ3) is 5.13. The first-order valence-electron chi connectivity index (χ1n) is 6.65. The maximum atomic E-state index is 13.0. The first-order valence-corrected chi connectivity index (χ1v) is 6.65. The molecule has 0 saturated carbocycles. The van der Waals surface area contributed by atoms with E-state index in [0.29, 0.717) is 12.3 Å². The second kappa shape index (κ2) is 7.56. The summed E-state index contributed by atoms with van der Waals surface area (Å²) in [4.78, 5) is 11.8. The second-order valence-electron chi connectivity index (χ2n) is 4.86. The average Bonchev–Trinajstić information content (AvgIpc) is 2.78. The Balaban J connectivity index is 0.00000220. The van der Waals surface area contributed by atoms with Crippen LogP contribution in [0.3, 0.4) is 0 Å². The zero-order chi connectivity index (χ0) is 14.6. The van der Waals surface area contributed by atoms with Gasteiger partial charge in [-0.1, -0.05) is 6.92 Å². The van der Waals surface area contributed by atoms with E-state index in [-0.39, 0.29) is 12.4 Å². The molecular formula is C14H19ClF2N2O2. The van der Waals surface area contributed by atoms with E-state index < -0.39 is 30.8 Å². The number of benzene rings is 1. The van der Waals surface area contributed by atoms with Crippen LogP contribution >= 0.6 is 12.4 Å². The molecule has 1 atom stereocenters. The number of hydrogen-bond donors (Lipinski definition) is 2. The summed E-state index contributed by atoms with van der Waals surface area (Å²) < 4.78 is 31.4. The summed E-state index contributed by atoms with van der Waals surface area (Å²) >= 11 is 0. The number of halogens is 3. The van der Waals surface area contributed by atoms with Gasteiger partial charge in [0, 0.05) is 12.1 Å². The third-order valence-electron chi connectivity index (χ3n) is 3.02. The van der Waals surface area contributed by atoms with E-state index in [2.05, 4.69) is 10.6 Å². The van der Waals surface area contributed by atoms with Gasteiger partial charge in [0.25, 0.3) is 5.92 Å². The van der Waals surface area contributed by atoms with Crippen molar-refractivity contribution < 1.29 is 18.3 Å². The van der Waals surface area contributed by atoms with Crippen LogP contribution in [0, 0.1) is 0 Å². The number of nitrogens with one attached hydrogen (secondary N) is 2. The number of ether oxygens (including phenoxy) is 1. The molecule has 7 heteroatoms. The number of alkyl halides is 2. The highest BCUT2D eigenvalue weighted by atomic mass is 35.5. The van der Waals surface area contributed by atoms with Crippen molar-refractivity contribution in [1.82, 2.24) is 5.32 Å². The molecule has 1 saturated heterocycles. The Hall–Kier alpha value is -1.40. The Morgan fingerprint density at radius 1 is 1.43 bits per heavy atom. The fraction of sp³-hybridized carbons (Fsp3) is 0.500. The van der Waals surface area contributed by atoms with Crippen molar-refractivity contribution in [2.75, 3.05) is 18.5 Å². The van der Waals surface area contributed by atoms with E-state index in [1.54, 1.807) is 24.3 Å². The van der Waals surface area contributed by atoms with Gasteiger partial charge in [-0.25, -0.2) is 8.78 Å². The van der Waals surface area contributed by atoms with Crippen molar-refractivity contribution in [2.24, 2.45) is 0 Å². The van der Waals surface area contributed by atoms with Gasteiger partial charge >= 0.3 is 0 Å². The summed E-state index contributed by atoms with van der Waals surface area (Å²) in [5.41, 5.74) is 0.566.